The fourth-order valence-electron chi connectivity index (χ4n) is 8.05. The number of fused-ring (bicyclic) bond motifs is 6. The van der Waals surface area contributed by atoms with Gasteiger partial charge in [-0.25, -0.2) is 0 Å². The molecule has 0 amide bonds. The molecular formula is C48H32O2Si. The second-order valence-corrected chi connectivity index (χ2v) is 17.1. The van der Waals surface area contributed by atoms with Crippen molar-refractivity contribution in [2.75, 3.05) is 0 Å². The van der Waals surface area contributed by atoms with Gasteiger partial charge in [-0.15, -0.1) is 0 Å². The molecule has 0 unspecified atom stereocenters. The highest BCUT2D eigenvalue weighted by Crippen LogP contribution is 2.34. The first kappa shape index (κ1) is 29.5. The largest absolute Gasteiger partial charge is 0.456 e. The molecule has 0 aliphatic heterocycles. The minimum atomic E-state index is -2.83. The molecule has 0 saturated carbocycles. The molecule has 0 aliphatic carbocycles. The van der Waals surface area contributed by atoms with Gasteiger partial charge in [0.2, 0.25) is 0 Å². The summed E-state index contributed by atoms with van der Waals surface area (Å²) in [4.78, 5) is 0. The summed E-state index contributed by atoms with van der Waals surface area (Å²) in [5.74, 6) is 0. The molecule has 2 aromatic heterocycles. The van der Waals surface area contributed by atoms with E-state index in [9.17, 15) is 0 Å². The molecule has 0 atom stereocenters. The van der Waals surface area contributed by atoms with Crippen molar-refractivity contribution in [2.24, 2.45) is 0 Å². The van der Waals surface area contributed by atoms with Gasteiger partial charge < -0.3 is 8.83 Å². The van der Waals surface area contributed by atoms with Crippen LogP contribution in [0.4, 0.5) is 0 Å². The zero-order chi connectivity index (χ0) is 33.8. The van der Waals surface area contributed by atoms with Crippen LogP contribution in [0.15, 0.2) is 203 Å². The van der Waals surface area contributed by atoms with Crippen molar-refractivity contribution in [3.8, 4) is 22.3 Å². The van der Waals surface area contributed by atoms with E-state index >= 15 is 0 Å². The highest BCUT2D eigenvalue weighted by atomic mass is 28.3. The lowest BCUT2D eigenvalue weighted by Gasteiger charge is -2.35. The zero-order valence-electron chi connectivity index (χ0n) is 27.8. The molecule has 0 fully saturated rings. The summed E-state index contributed by atoms with van der Waals surface area (Å²) in [7, 11) is -2.83. The standard InChI is InChI=1S/C48H32O2Si/c1-3-15-37(16-4-1)51(38-17-5-2-6-18-38,39-19-11-13-33(29-39)35-25-27-47-43(31-35)41-21-7-9-23-45(41)49-47)40-20-12-14-34(30-40)36-26-28-48-44(32-36)42-22-8-10-24-46(42)50-48/h1-32H. The van der Waals surface area contributed by atoms with Crippen LogP contribution in [0.25, 0.3) is 66.1 Å². The van der Waals surface area contributed by atoms with E-state index < -0.39 is 8.07 Å². The Balaban J connectivity index is 1.20. The topological polar surface area (TPSA) is 26.3 Å². The molecule has 2 nitrogen and oxygen atoms in total. The molecule has 240 valence electrons. The van der Waals surface area contributed by atoms with Gasteiger partial charge in [0.25, 0.3) is 0 Å². The average Bonchev–Trinajstić information content (AvgIpc) is 3.77. The van der Waals surface area contributed by atoms with Crippen LogP contribution in [-0.2, 0) is 0 Å². The number of furan rings is 2. The Morgan fingerprint density at radius 2 is 0.627 bits per heavy atom. The van der Waals surface area contributed by atoms with Crippen LogP contribution in [0.5, 0.6) is 0 Å². The third kappa shape index (κ3) is 4.78. The van der Waals surface area contributed by atoms with Crippen molar-refractivity contribution in [2.45, 2.75) is 0 Å². The predicted molar refractivity (Wildman–Crippen MR) is 215 cm³/mol. The van der Waals surface area contributed by atoms with Crippen molar-refractivity contribution in [3.05, 3.63) is 194 Å². The maximum absolute atomic E-state index is 6.18. The lowest BCUT2D eigenvalue weighted by atomic mass is 10.0. The summed E-state index contributed by atoms with van der Waals surface area (Å²) in [5, 5.41) is 9.92. The van der Waals surface area contributed by atoms with E-state index in [0.717, 1.165) is 43.9 Å². The summed E-state index contributed by atoms with van der Waals surface area (Å²) in [5.41, 5.74) is 8.38. The smallest absolute Gasteiger partial charge is 0.179 e. The first-order valence-electron chi connectivity index (χ1n) is 17.4. The number of rotatable bonds is 6. The van der Waals surface area contributed by atoms with Crippen molar-refractivity contribution < 1.29 is 8.83 Å². The maximum atomic E-state index is 6.18. The second-order valence-electron chi connectivity index (χ2n) is 13.3. The Labute approximate surface area is 296 Å². The van der Waals surface area contributed by atoms with Crippen LogP contribution in [0.1, 0.15) is 0 Å². The minimum Gasteiger partial charge on any atom is -0.456 e. The highest BCUT2D eigenvalue weighted by molar-refractivity contribution is 7.20. The first-order chi connectivity index (χ1) is 25.3. The fraction of sp³-hybridized carbons (Fsp3) is 0. The second kappa shape index (κ2) is 11.9. The summed E-state index contributed by atoms with van der Waals surface area (Å²) in [6, 6.07) is 70.5. The summed E-state index contributed by atoms with van der Waals surface area (Å²) in [6.45, 7) is 0. The van der Waals surface area contributed by atoms with Gasteiger partial charge in [-0.3, -0.25) is 0 Å². The van der Waals surface area contributed by atoms with E-state index in [1.807, 2.05) is 24.3 Å². The van der Waals surface area contributed by atoms with E-state index in [1.54, 1.807) is 0 Å². The van der Waals surface area contributed by atoms with Gasteiger partial charge in [0.15, 0.2) is 8.07 Å². The Morgan fingerprint density at radius 3 is 1.10 bits per heavy atom. The molecule has 3 heteroatoms. The zero-order valence-corrected chi connectivity index (χ0v) is 28.8. The fourth-order valence-corrected chi connectivity index (χ4v) is 12.9. The Morgan fingerprint density at radius 1 is 0.255 bits per heavy atom. The molecule has 0 bridgehead atoms. The van der Waals surface area contributed by atoms with Crippen LogP contribution >= 0.6 is 0 Å². The molecule has 10 rings (SSSR count). The van der Waals surface area contributed by atoms with Gasteiger partial charge in [0, 0.05) is 21.5 Å². The predicted octanol–water partition coefficient (Wildman–Crippen LogP) is 10.2. The van der Waals surface area contributed by atoms with Crippen molar-refractivity contribution in [1.82, 2.24) is 0 Å². The third-order valence-electron chi connectivity index (χ3n) is 10.4. The molecule has 51 heavy (non-hydrogen) atoms. The van der Waals surface area contributed by atoms with Gasteiger partial charge in [-0.1, -0.05) is 158 Å². The van der Waals surface area contributed by atoms with Crippen molar-refractivity contribution in [1.29, 1.82) is 0 Å². The van der Waals surface area contributed by atoms with Gasteiger partial charge in [-0.2, -0.15) is 0 Å². The lowest BCUT2D eigenvalue weighted by Crippen LogP contribution is -2.74. The van der Waals surface area contributed by atoms with Crippen LogP contribution in [0.3, 0.4) is 0 Å². The minimum absolute atomic E-state index is 0.909. The first-order valence-corrected chi connectivity index (χ1v) is 19.4. The molecule has 0 spiro atoms. The Bertz CT molecular complexity index is 2670. The average molecular weight is 669 g/mol. The van der Waals surface area contributed by atoms with E-state index in [1.165, 1.54) is 43.0 Å². The van der Waals surface area contributed by atoms with Crippen LogP contribution in [0.2, 0.25) is 0 Å². The van der Waals surface area contributed by atoms with Gasteiger partial charge in [-0.05, 0) is 79.4 Å². The third-order valence-corrected chi connectivity index (χ3v) is 15.2. The Hall–Kier alpha value is -6.42. The van der Waals surface area contributed by atoms with Crippen LogP contribution in [0, 0.1) is 0 Å². The van der Waals surface area contributed by atoms with Gasteiger partial charge in [0.05, 0.1) is 0 Å². The summed E-state index contributed by atoms with van der Waals surface area (Å²) < 4.78 is 12.4. The molecule has 2 heterocycles. The molecule has 0 saturated heterocycles. The van der Waals surface area contributed by atoms with Crippen LogP contribution < -0.4 is 20.7 Å². The number of para-hydroxylation sites is 2. The lowest BCUT2D eigenvalue weighted by molar-refractivity contribution is 0.668. The monoisotopic (exact) mass is 668 g/mol. The Kier molecular flexibility index (Phi) is 6.86. The molecule has 8 aromatic carbocycles. The van der Waals surface area contributed by atoms with Crippen molar-refractivity contribution in [3.63, 3.8) is 0 Å². The molecule has 0 N–H and O–H groups in total. The molecular weight excluding hydrogens is 637 g/mol. The van der Waals surface area contributed by atoms with Crippen LogP contribution in [-0.4, -0.2) is 8.07 Å². The maximum Gasteiger partial charge on any atom is 0.179 e. The summed E-state index contributed by atoms with van der Waals surface area (Å²) in [6.07, 6.45) is 0. The van der Waals surface area contributed by atoms with Crippen molar-refractivity contribution >= 4 is 72.7 Å². The highest BCUT2D eigenvalue weighted by Gasteiger charge is 2.41. The summed E-state index contributed by atoms with van der Waals surface area (Å²) >= 11 is 0. The normalized spacial score (nSPS) is 11.9. The van der Waals surface area contributed by atoms with E-state index in [2.05, 4.69) is 170 Å². The number of benzene rings is 8. The van der Waals surface area contributed by atoms with E-state index in [0.29, 0.717) is 0 Å². The van der Waals surface area contributed by atoms with E-state index in [-0.39, 0.29) is 0 Å². The number of hydrogen-bond acceptors (Lipinski definition) is 2. The van der Waals surface area contributed by atoms with Gasteiger partial charge >= 0.3 is 0 Å². The van der Waals surface area contributed by atoms with Gasteiger partial charge in [0.1, 0.15) is 22.3 Å². The number of hydrogen-bond donors (Lipinski definition) is 0. The molecule has 10 aromatic rings. The molecule has 0 radical (unpaired) electrons. The molecule has 0 aliphatic rings. The quantitative estimate of drug-likeness (QED) is 0.130. The van der Waals surface area contributed by atoms with E-state index in [4.69, 9.17) is 8.83 Å². The SMILES string of the molecule is c1ccc([Si](c2ccccc2)(c2cccc(-c3ccc4oc5ccccc5c4c3)c2)c2cccc(-c3ccc4oc5ccccc5c4c3)c2)cc1.